The number of halogens is 2. The van der Waals surface area contributed by atoms with Crippen molar-refractivity contribution in [1.82, 2.24) is 10.3 Å². The number of sulfonamides is 1. The van der Waals surface area contributed by atoms with E-state index in [2.05, 4.69) is 15.9 Å². The van der Waals surface area contributed by atoms with E-state index in [4.69, 9.17) is 16.0 Å². The molecule has 0 saturated heterocycles. The molecule has 106 valence electrons. The quantitative estimate of drug-likeness (QED) is 0.798. The van der Waals surface area contributed by atoms with Crippen LogP contribution in [0.1, 0.15) is 10.6 Å². The number of furan rings is 1. The second-order valence-corrected chi connectivity index (χ2v) is 6.59. The van der Waals surface area contributed by atoms with Crippen LogP contribution in [0.4, 0.5) is 0 Å². The van der Waals surface area contributed by atoms with E-state index in [0.29, 0.717) is 4.47 Å². The number of hydrazine groups is 1. The standard InChI is InChI=1S/C11H8BrClN2O4S/c12-7-3-4-10(8(13)6-7)20(17,18)15-14-11(16)9-2-1-5-19-9/h1-6,15H,(H,14,16). The van der Waals surface area contributed by atoms with Crippen LogP contribution < -0.4 is 10.3 Å². The number of rotatable bonds is 4. The van der Waals surface area contributed by atoms with Gasteiger partial charge in [0.1, 0.15) is 4.90 Å². The van der Waals surface area contributed by atoms with Crippen LogP contribution in [-0.4, -0.2) is 14.3 Å². The Balaban J connectivity index is 2.14. The van der Waals surface area contributed by atoms with Crippen molar-refractivity contribution < 1.29 is 17.6 Å². The summed E-state index contributed by atoms with van der Waals surface area (Å²) in [4.78, 5) is 13.3. The molecule has 0 spiro atoms. The van der Waals surface area contributed by atoms with Crippen molar-refractivity contribution in [2.45, 2.75) is 4.90 Å². The normalized spacial score (nSPS) is 11.3. The zero-order valence-electron chi connectivity index (χ0n) is 9.76. The lowest BCUT2D eigenvalue weighted by Crippen LogP contribution is -2.41. The van der Waals surface area contributed by atoms with Crippen LogP contribution in [0.5, 0.6) is 0 Å². The van der Waals surface area contributed by atoms with Gasteiger partial charge in [-0.15, -0.1) is 4.83 Å². The molecule has 0 radical (unpaired) electrons. The van der Waals surface area contributed by atoms with Crippen molar-refractivity contribution >= 4 is 43.5 Å². The van der Waals surface area contributed by atoms with Crippen LogP contribution in [-0.2, 0) is 10.0 Å². The lowest BCUT2D eigenvalue weighted by atomic mass is 10.4. The molecule has 0 atom stereocenters. The van der Waals surface area contributed by atoms with E-state index in [1.807, 2.05) is 10.3 Å². The molecule has 0 fully saturated rings. The number of hydrogen-bond acceptors (Lipinski definition) is 4. The Kier molecular flexibility index (Phi) is 4.48. The summed E-state index contributed by atoms with van der Waals surface area (Å²) in [6.45, 7) is 0. The van der Waals surface area contributed by atoms with Gasteiger partial charge in [-0.25, -0.2) is 8.42 Å². The molecule has 20 heavy (non-hydrogen) atoms. The molecule has 0 saturated carbocycles. The molecule has 0 bridgehead atoms. The molecule has 1 heterocycles. The minimum Gasteiger partial charge on any atom is -0.459 e. The topological polar surface area (TPSA) is 88.4 Å². The van der Waals surface area contributed by atoms with Crippen LogP contribution in [0.15, 0.2) is 50.4 Å². The van der Waals surface area contributed by atoms with Gasteiger partial charge >= 0.3 is 5.91 Å². The first kappa shape index (κ1) is 15.0. The fraction of sp³-hybridized carbons (Fsp3) is 0. The van der Waals surface area contributed by atoms with Gasteiger partial charge in [0, 0.05) is 4.47 Å². The van der Waals surface area contributed by atoms with E-state index in [9.17, 15) is 13.2 Å². The summed E-state index contributed by atoms with van der Waals surface area (Å²) in [5.74, 6) is -0.735. The van der Waals surface area contributed by atoms with Crippen LogP contribution in [0.2, 0.25) is 5.02 Å². The zero-order chi connectivity index (χ0) is 14.8. The molecule has 0 aliphatic carbocycles. The third kappa shape index (κ3) is 3.40. The SMILES string of the molecule is O=C(NNS(=O)(=O)c1ccc(Br)cc1Cl)c1ccco1. The minimum atomic E-state index is -3.97. The average molecular weight is 380 g/mol. The second-order valence-electron chi connectivity index (χ2n) is 3.61. The highest BCUT2D eigenvalue weighted by Crippen LogP contribution is 2.24. The number of benzene rings is 1. The molecular weight excluding hydrogens is 372 g/mol. The van der Waals surface area contributed by atoms with Crippen molar-refractivity contribution in [3.05, 3.63) is 51.9 Å². The summed E-state index contributed by atoms with van der Waals surface area (Å²) in [5.41, 5.74) is 2.02. The summed E-state index contributed by atoms with van der Waals surface area (Å²) in [6.07, 6.45) is 1.30. The maximum atomic E-state index is 12.0. The summed E-state index contributed by atoms with van der Waals surface area (Å²) < 4.78 is 29.4. The summed E-state index contributed by atoms with van der Waals surface area (Å²) in [6, 6.07) is 7.18. The summed E-state index contributed by atoms with van der Waals surface area (Å²) in [5, 5.41) is 0.0270. The van der Waals surface area contributed by atoms with Gasteiger partial charge in [-0.2, -0.15) is 0 Å². The highest BCUT2D eigenvalue weighted by atomic mass is 79.9. The molecule has 0 aliphatic heterocycles. The Morgan fingerprint density at radius 1 is 1.30 bits per heavy atom. The van der Waals surface area contributed by atoms with E-state index in [1.165, 1.54) is 36.6 Å². The van der Waals surface area contributed by atoms with Gasteiger partial charge in [0.15, 0.2) is 5.76 Å². The molecule has 1 aromatic heterocycles. The molecule has 9 heteroatoms. The Morgan fingerprint density at radius 3 is 2.65 bits per heavy atom. The highest BCUT2D eigenvalue weighted by molar-refractivity contribution is 9.10. The fourth-order valence-electron chi connectivity index (χ4n) is 1.33. The molecule has 1 aromatic carbocycles. The maximum Gasteiger partial charge on any atom is 0.301 e. The van der Waals surface area contributed by atoms with Gasteiger partial charge in [0.25, 0.3) is 10.0 Å². The molecule has 1 amide bonds. The summed E-state index contributed by atoms with van der Waals surface area (Å²) >= 11 is 9.02. The largest absolute Gasteiger partial charge is 0.459 e. The van der Waals surface area contributed by atoms with E-state index in [-0.39, 0.29) is 15.7 Å². The minimum absolute atomic E-state index is 0.0189. The third-order valence-corrected chi connectivity index (χ3v) is 4.45. The van der Waals surface area contributed by atoms with Crippen molar-refractivity contribution in [2.75, 3.05) is 0 Å². The summed E-state index contributed by atoms with van der Waals surface area (Å²) in [7, 11) is -3.97. The Hall–Kier alpha value is -1.35. The van der Waals surface area contributed by atoms with Crippen molar-refractivity contribution in [2.24, 2.45) is 0 Å². The number of carbonyl (C=O) groups excluding carboxylic acids is 1. The van der Waals surface area contributed by atoms with Crippen LogP contribution in [0, 0.1) is 0 Å². The molecule has 2 N–H and O–H groups in total. The molecule has 2 aromatic rings. The van der Waals surface area contributed by atoms with E-state index in [1.54, 1.807) is 0 Å². The van der Waals surface area contributed by atoms with Gasteiger partial charge in [-0.1, -0.05) is 27.5 Å². The second kappa shape index (κ2) is 5.96. The van der Waals surface area contributed by atoms with Gasteiger partial charge in [-0.3, -0.25) is 10.2 Å². The van der Waals surface area contributed by atoms with Crippen molar-refractivity contribution in [3.8, 4) is 0 Å². The van der Waals surface area contributed by atoms with E-state index in [0.717, 1.165) is 0 Å². The maximum absolute atomic E-state index is 12.0. The first-order valence-electron chi connectivity index (χ1n) is 5.21. The van der Waals surface area contributed by atoms with E-state index >= 15 is 0 Å². The zero-order valence-corrected chi connectivity index (χ0v) is 12.9. The van der Waals surface area contributed by atoms with Gasteiger partial charge < -0.3 is 4.42 Å². The smallest absolute Gasteiger partial charge is 0.301 e. The average Bonchev–Trinajstić information content (AvgIpc) is 2.89. The monoisotopic (exact) mass is 378 g/mol. The van der Waals surface area contributed by atoms with Gasteiger partial charge in [0.05, 0.1) is 11.3 Å². The number of nitrogens with one attached hydrogen (secondary N) is 2. The van der Waals surface area contributed by atoms with Crippen molar-refractivity contribution in [3.63, 3.8) is 0 Å². The molecule has 6 nitrogen and oxygen atoms in total. The number of amides is 1. The fourth-order valence-corrected chi connectivity index (χ4v) is 3.21. The molecule has 0 unspecified atom stereocenters. The molecular formula is C11H8BrClN2O4S. The predicted octanol–water partition coefficient (Wildman–Crippen LogP) is 2.32. The Labute approximate surface area is 128 Å². The Bertz CT molecular complexity index is 731. The first-order valence-corrected chi connectivity index (χ1v) is 7.86. The number of carbonyl (C=O) groups is 1. The highest BCUT2D eigenvalue weighted by Gasteiger charge is 2.19. The molecule has 0 aliphatic rings. The van der Waals surface area contributed by atoms with Gasteiger partial charge in [-0.05, 0) is 30.3 Å². The Morgan fingerprint density at radius 2 is 2.05 bits per heavy atom. The predicted molar refractivity (Wildman–Crippen MR) is 75.6 cm³/mol. The molecule has 2 rings (SSSR count). The van der Waals surface area contributed by atoms with Crippen LogP contribution in [0.25, 0.3) is 0 Å². The lowest BCUT2D eigenvalue weighted by molar-refractivity contribution is 0.0917. The van der Waals surface area contributed by atoms with E-state index < -0.39 is 15.9 Å². The van der Waals surface area contributed by atoms with Crippen molar-refractivity contribution in [1.29, 1.82) is 0 Å². The van der Waals surface area contributed by atoms with Crippen LogP contribution in [0.3, 0.4) is 0 Å². The third-order valence-electron chi connectivity index (χ3n) is 2.23. The number of hydrogen-bond donors (Lipinski definition) is 2. The van der Waals surface area contributed by atoms with Gasteiger partial charge in [0.2, 0.25) is 0 Å². The van der Waals surface area contributed by atoms with Crippen LogP contribution >= 0.6 is 27.5 Å². The first-order chi connectivity index (χ1) is 9.40. The lowest BCUT2D eigenvalue weighted by Gasteiger charge is -2.09.